The average Bonchev–Trinajstić information content (AvgIpc) is 2.17. The van der Waals surface area contributed by atoms with Crippen LogP contribution in [0.2, 0.25) is 10.0 Å². The molecule has 0 heterocycles. The highest BCUT2D eigenvalue weighted by Gasteiger charge is 2.10. The predicted molar refractivity (Wildman–Crippen MR) is 58.2 cm³/mol. The van der Waals surface area contributed by atoms with Crippen LogP contribution >= 0.6 is 34.8 Å². The van der Waals surface area contributed by atoms with Gasteiger partial charge in [0, 0.05) is 12.1 Å². The number of ether oxygens (including phenoxy) is 1. The summed E-state index contributed by atoms with van der Waals surface area (Å²) in [5.41, 5.74) is 0.156. The maximum atomic E-state index is 10.8. The molecule has 0 saturated carbocycles. The molecule has 0 aliphatic carbocycles. The lowest BCUT2D eigenvalue weighted by Crippen LogP contribution is -2.09. The van der Waals surface area contributed by atoms with Crippen molar-refractivity contribution in [3.8, 4) is 5.75 Å². The third-order valence-corrected chi connectivity index (χ3v) is 2.35. The minimum absolute atomic E-state index is 0.120. The normalized spacial score (nSPS) is 9.80. The molecule has 0 N–H and O–H groups in total. The van der Waals surface area contributed by atoms with E-state index in [1.807, 2.05) is 0 Å². The van der Waals surface area contributed by atoms with Gasteiger partial charge >= 0.3 is 5.97 Å². The van der Waals surface area contributed by atoms with Gasteiger partial charge in [-0.2, -0.15) is 0 Å². The minimum Gasteiger partial charge on any atom is -0.426 e. The third-order valence-electron chi connectivity index (χ3n) is 1.51. The van der Waals surface area contributed by atoms with Gasteiger partial charge in [-0.1, -0.05) is 23.2 Å². The number of benzene rings is 1. The zero-order chi connectivity index (χ0) is 11.4. The van der Waals surface area contributed by atoms with Gasteiger partial charge in [0.25, 0.3) is 0 Å². The molecule has 0 amide bonds. The summed E-state index contributed by atoms with van der Waals surface area (Å²) in [4.78, 5) is 21.4. The van der Waals surface area contributed by atoms with Crippen LogP contribution in [0, 0.1) is 0 Å². The molecule has 1 rings (SSSR count). The number of alkyl halides is 1. The number of rotatable bonds is 3. The van der Waals surface area contributed by atoms with Gasteiger partial charge in [0.15, 0.2) is 6.29 Å². The Kier molecular flexibility index (Phi) is 4.39. The molecule has 15 heavy (non-hydrogen) atoms. The maximum absolute atomic E-state index is 10.8. The summed E-state index contributed by atoms with van der Waals surface area (Å²) in [7, 11) is 0. The average molecular weight is 267 g/mol. The highest BCUT2D eigenvalue weighted by atomic mass is 35.5. The fraction of sp³-hybridized carbons (Fsp3) is 0.111. The molecule has 0 atom stereocenters. The van der Waals surface area contributed by atoms with E-state index in [9.17, 15) is 9.59 Å². The zero-order valence-electron chi connectivity index (χ0n) is 7.30. The van der Waals surface area contributed by atoms with Gasteiger partial charge in [0.1, 0.15) is 11.6 Å². The van der Waals surface area contributed by atoms with Crippen molar-refractivity contribution in [3.05, 3.63) is 27.7 Å². The molecule has 1 aromatic rings. The van der Waals surface area contributed by atoms with Gasteiger partial charge in [0.2, 0.25) is 0 Å². The minimum atomic E-state index is -0.623. The lowest BCUT2D eigenvalue weighted by molar-refractivity contribution is -0.131. The van der Waals surface area contributed by atoms with Crippen LogP contribution in [0.1, 0.15) is 10.4 Å². The van der Waals surface area contributed by atoms with Crippen LogP contribution in [0.5, 0.6) is 5.75 Å². The van der Waals surface area contributed by atoms with E-state index in [0.29, 0.717) is 6.29 Å². The molecular weight excluding hydrogens is 262 g/mol. The molecule has 0 aromatic heterocycles. The van der Waals surface area contributed by atoms with E-state index < -0.39 is 5.97 Å². The quantitative estimate of drug-likeness (QED) is 0.366. The first-order valence-electron chi connectivity index (χ1n) is 3.79. The highest BCUT2D eigenvalue weighted by molar-refractivity contribution is 6.38. The van der Waals surface area contributed by atoms with Crippen LogP contribution in [-0.2, 0) is 4.79 Å². The summed E-state index contributed by atoms with van der Waals surface area (Å²) in [5, 5.41) is 0.241. The largest absolute Gasteiger partial charge is 0.426 e. The molecule has 0 saturated heterocycles. The molecule has 0 bridgehead atoms. The lowest BCUT2D eigenvalue weighted by atomic mass is 10.2. The van der Waals surface area contributed by atoms with Gasteiger partial charge < -0.3 is 4.74 Å². The smallest absolute Gasteiger partial charge is 0.326 e. The number of hydrogen-bond donors (Lipinski definition) is 0. The molecule has 80 valence electrons. The van der Waals surface area contributed by atoms with Crippen LogP contribution in [0.15, 0.2) is 12.1 Å². The Morgan fingerprint density at radius 1 is 1.33 bits per heavy atom. The second-order valence-corrected chi connectivity index (χ2v) is 3.61. The van der Waals surface area contributed by atoms with Crippen molar-refractivity contribution in [1.29, 1.82) is 0 Å². The number of carbonyl (C=O) groups excluding carboxylic acids is 2. The van der Waals surface area contributed by atoms with Crippen molar-refractivity contribution in [1.82, 2.24) is 0 Å². The van der Waals surface area contributed by atoms with Crippen LogP contribution in [-0.4, -0.2) is 18.1 Å². The SMILES string of the molecule is O=Cc1c(Cl)cc(OC(=O)CCl)cc1Cl. The summed E-state index contributed by atoms with van der Waals surface area (Å²) >= 11 is 16.7. The summed E-state index contributed by atoms with van der Waals surface area (Å²) in [5.74, 6) is -0.742. The summed E-state index contributed by atoms with van der Waals surface area (Å²) < 4.78 is 4.77. The Hall–Kier alpha value is -0.770. The number of aldehydes is 1. The maximum Gasteiger partial charge on any atom is 0.326 e. The van der Waals surface area contributed by atoms with Crippen LogP contribution in [0.3, 0.4) is 0 Å². The van der Waals surface area contributed by atoms with E-state index in [2.05, 4.69) is 0 Å². The Morgan fingerprint density at radius 2 is 1.87 bits per heavy atom. The van der Waals surface area contributed by atoms with Crippen LogP contribution < -0.4 is 4.74 Å². The van der Waals surface area contributed by atoms with Crippen LogP contribution in [0.25, 0.3) is 0 Å². The van der Waals surface area contributed by atoms with Gasteiger partial charge in [-0.05, 0) is 0 Å². The van der Waals surface area contributed by atoms with Crippen LogP contribution in [0.4, 0.5) is 0 Å². The molecule has 0 fully saturated rings. The second-order valence-electron chi connectivity index (χ2n) is 2.53. The van der Waals surface area contributed by atoms with Gasteiger partial charge in [-0.15, -0.1) is 11.6 Å². The molecule has 0 radical (unpaired) electrons. The second kappa shape index (κ2) is 5.35. The number of carbonyl (C=O) groups is 2. The monoisotopic (exact) mass is 266 g/mol. The molecule has 0 unspecified atom stereocenters. The summed E-state index contributed by atoms with van der Waals surface area (Å²) in [6.45, 7) is 0. The van der Waals surface area contributed by atoms with E-state index in [0.717, 1.165) is 0 Å². The standard InChI is InChI=1S/C9H5Cl3O3/c10-3-9(14)15-5-1-7(11)6(4-13)8(12)2-5/h1-2,4H,3H2. The molecule has 6 heteroatoms. The predicted octanol–water partition coefficient (Wildman–Crippen LogP) is 2.95. The topological polar surface area (TPSA) is 43.4 Å². The van der Waals surface area contributed by atoms with E-state index in [1.165, 1.54) is 12.1 Å². The Morgan fingerprint density at radius 3 is 2.27 bits per heavy atom. The fourth-order valence-electron chi connectivity index (χ4n) is 0.891. The van der Waals surface area contributed by atoms with Crippen molar-refractivity contribution in [2.45, 2.75) is 0 Å². The van der Waals surface area contributed by atoms with Gasteiger partial charge in [-0.25, -0.2) is 0 Å². The van der Waals surface area contributed by atoms with E-state index in [1.54, 1.807) is 0 Å². The lowest BCUT2D eigenvalue weighted by Gasteiger charge is -2.05. The van der Waals surface area contributed by atoms with E-state index in [4.69, 9.17) is 39.5 Å². The van der Waals surface area contributed by atoms with Crippen molar-refractivity contribution >= 4 is 47.1 Å². The Labute approximate surface area is 101 Å². The molecular formula is C9H5Cl3O3. The van der Waals surface area contributed by atoms with Crippen molar-refractivity contribution in [3.63, 3.8) is 0 Å². The van der Waals surface area contributed by atoms with Crippen molar-refractivity contribution in [2.24, 2.45) is 0 Å². The fourth-order valence-corrected chi connectivity index (χ4v) is 1.50. The van der Waals surface area contributed by atoms with E-state index >= 15 is 0 Å². The van der Waals surface area contributed by atoms with Gasteiger partial charge in [-0.3, -0.25) is 9.59 Å². The first-order valence-corrected chi connectivity index (χ1v) is 5.08. The molecule has 0 aliphatic rings. The highest BCUT2D eigenvalue weighted by Crippen LogP contribution is 2.29. The number of hydrogen-bond acceptors (Lipinski definition) is 3. The molecule has 1 aromatic carbocycles. The molecule has 0 spiro atoms. The number of halogens is 3. The summed E-state index contributed by atoms with van der Waals surface area (Å²) in [6.07, 6.45) is 0.526. The zero-order valence-corrected chi connectivity index (χ0v) is 9.57. The van der Waals surface area contributed by atoms with Crippen molar-refractivity contribution in [2.75, 3.05) is 5.88 Å². The first-order chi connectivity index (χ1) is 7.08. The first kappa shape index (κ1) is 12.3. The van der Waals surface area contributed by atoms with Crippen molar-refractivity contribution < 1.29 is 14.3 Å². The summed E-state index contributed by atoms with van der Waals surface area (Å²) in [6, 6.07) is 2.64. The third kappa shape index (κ3) is 3.09. The Balaban J connectivity index is 3.03. The number of esters is 1. The van der Waals surface area contributed by atoms with Gasteiger partial charge in [0.05, 0.1) is 15.6 Å². The molecule has 3 nitrogen and oxygen atoms in total. The molecule has 0 aliphatic heterocycles. The Bertz CT molecular complexity index is 381. The van der Waals surface area contributed by atoms with E-state index in [-0.39, 0.29) is 27.2 Å².